The lowest BCUT2D eigenvalue weighted by atomic mass is 10.1. The Kier molecular flexibility index (Phi) is 4.31. The van der Waals surface area contributed by atoms with Gasteiger partial charge in [-0.25, -0.2) is 0 Å². The molecule has 132 valence electrons. The van der Waals surface area contributed by atoms with Crippen LogP contribution in [0.15, 0.2) is 65.2 Å². The van der Waals surface area contributed by atoms with E-state index in [1.807, 2.05) is 60.7 Å². The highest BCUT2D eigenvalue weighted by atomic mass is 16.5. The van der Waals surface area contributed by atoms with E-state index in [2.05, 4.69) is 15.4 Å². The van der Waals surface area contributed by atoms with Crippen LogP contribution in [-0.4, -0.2) is 30.8 Å². The number of anilines is 1. The molecule has 1 amide bonds. The van der Waals surface area contributed by atoms with E-state index in [0.717, 1.165) is 22.7 Å². The maximum absolute atomic E-state index is 12.1. The summed E-state index contributed by atoms with van der Waals surface area (Å²) in [6.07, 6.45) is -0.560. The van der Waals surface area contributed by atoms with E-state index < -0.39 is 6.10 Å². The smallest absolute Gasteiger partial charge is 0.262 e. The van der Waals surface area contributed by atoms with Gasteiger partial charge in [0.05, 0.1) is 18.8 Å². The summed E-state index contributed by atoms with van der Waals surface area (Å²) < 4.78 is 11.3. The van der Waals surface area contributed by atoms with Gasteiger partial charge in [-0.2, -0.15) is 0 Å². The quantitative estimate of drug-likeness (QED) is 0.784. The van der Waals surface area contributed by atoms with Crippen LogP contribution in [0.25, 0.3) is 11.3 Å². The van der Waals surface area contributed by atoms with Gasteiger partial charge in [-0.3, -0.25) is 4.79 Å². The molecule has 1 N–H and O–H groups in total. The lowest BCUT2D eigenvalue weighted by Crippen LogP contribution is -2.47. The van der Waals surface area contributed by atoms with Gasteiger partial charge in [0.1, 0.15) is 11.4 Å². The minimum Gasteiger partial charge on any atom is -0.477 e. The summed E-state index contributed by atoms with van der Waals surface area (Å²) in [4.78, 5) is 14.2. The zero-order valence-corrected chi connectivity index (χ0v) is 14.4. The van der Waals surface area contributed by atoms with Gasteiger partial charge in [0.15, 0.2) is 11.9 Å². The summed E-state index contributed by atoms with van der Waals surface area (Å²) in [5.41, 5.74) is 2.73. The van der Waals surface area contributed by atoms with Gasteiger partial charge >= 0.3 is 0 Å². The number of benzene rings is 2. The molecule has 0 saturated carbocycles. The molecule has 1 aliphatic heterocycles. The van der Waals surface area contributed by atoms with Crippen molar-refractivity contribution >= 4 is 11.6 Å². The van der Waals surface area contributed by atoms with Crippen molar-refractivity contribution in [2.75, 3.05) is 18.5 Å². The number of fused-ring (bicyclic) bond motifs is 1. The predicted molar refractivity (Wildman–Crippen MR) is 97.9 cm³/mol. The molecule has 2 heterocycles. The Morgan fingerprint density at radius 1 is 1.19 bits per heavy atom. The summed E-state index contributed by atoms with van der Waals surface area (Å²) in [5.74, 6) is 1.28. The Labute approximate surface area is 151 Å². The van der Waals surface area contributed by atoms with Gasteiger partial charge in [0, 0.05) is 18.7 Å². The molecule has 0 radical (unpaired) electrons. The van der Waals surface area contributed by atoms with E-state index >= 15 is 0 Å². The lowest BCUT2D eigenvalue weighted by molar-refractivity contribution is -0.127. The Morgan fingerprint density at radius 3 is 2.77 bits per heavy atom. The number of carbonyl (C=O) groups is 1. The third kappa shape index (κ3) is 3.13. The maximum Gasteiger partial charge on any atom is 0.262 e. The van der Waals surface area contributed by atoms with Crippen LogP contribution >= 0.6 is 0 Å². The fourth-order valence-electron chi connectivity index (χ4n) is 3.07. The number of aromatic nitrogens is 1. The predicted octanol–water partition coefficient (Wildman–Crippen LogP) is 2.86. The first-order chi connectivity index (χ1) is 12.7. The van der Waals surface area contributed by atoms with Crippen LogP contribution in [0.5, 0.6) is 5.75 Å². The molecule has 6 heteroatoms. The molecule has 2 aromatic carbocycles. The van der Waals surface area contributed by atoms with Crippen molar-refractivity contribution in [3.8, 4) is 17.1 Å². The van der Waals surface area contributed by atoms with Crippen molar-refractivity contribution in [1.82, 2.24) is 10.5 Å². The minimum atomic E-state index is -0.560. The Hall–Kier alpha value is -3.28. The van der Waals surface area contributed by atoms with Crippen LogP contribution in [0.2, 0.25) is 0 Å². The number of rotatable bonds is 4. The monoisotopic (exact) mass is 349 g/mol. The average Bonchev–Trinajstić information content (AvgIpc) is 3.16. The highest BCUT2D eigenvalue weighted by molar-refractivity contribution is 5.83. The van der Waals surface area contributed by atoms with Crippen molar-refractivity contribution in [3.63, 3.8) is 0 Å². The standard InChI is InChI=1S/C20H19N3O3/c1-21-20(24)19-13-23(16-9-5-6-10-17(16)25-19)12-15-11-18(26-22-15)14-7-3-2-4-8-14/h2-11,19H,12-13H2,1H3,(H,21,24)/t19-/m0/s1. The van der Waals surface area contributed by atoms with Crippen molar-refractivity contribution in [2.45, 2.75) is 12.6 Å². The number of likely N-dealkylation sites (N-methyl/N-ethyl adjacent to an activating group) is 1. The molecule has 3 aromatic rings. The SMILES string of the molecule is CNC(=O)[C@@H]1CN(Cc2cc(-c3ccccc3)on2)c2ccccc2O1. The zero-order chi connectivity index (χ0) is 17.9. The third-order valence-electron chi connectivity index (χ3n) is 4.37. The molecule has 0 unspecified atom stereocenters. The average molecular weight is 349 g/mol. The summed E-state index contributed by atoms with van der Waals surface area (Å²) >= 11 is 0. The normalized spacial score (nSPS) is 15.9. The largest absolute Gasteiger partial charge is 0.477 e. The fourth-order valence-corrected chi connectivity index (χ4v) is 3.07. The van der Waals surface area contributed by atoms with E-state index in [-0.39, 0.29) is 5.91 Å². The third-order valence-corrected chi connectivity index (χ3v) is 4.37. The van der Waals surface area contributed by atoms with Gasteiger partial charge in [0.25, 0.3) is 5.91 Å². The van der Waals surface area contributed by atoms with Crippen LogP contribution in [-0.2, 0) is 11.3 Å². The molecule has 26 heavy (non-hydrogen) atoms. The van der Waals surface area contributed by atoms with Gasteiger partial charge in [-0.15, -0.1) is 0 Å². The molecule has 1 atom stereocenters. The molecule has 0 aliphatic carbocycles. The summed E-state index contributed by atoms with van der Waals surface area (Å²) in [6.45, 7) is 0.981. The summed E-state index contributed by atoms with van der Waals surface area (Å²) in [6, 6.07) is 19.5. The van der Waals surface area contributed by atoms with Crippen LogP contribution in [0.1, 0.15) is 5.69 Å². The first-order valence-corrected chi connectivity index (χ1v) is 8.48. The van der Waals surface area contributed by atoms with E-state index in [0.29, 0.717) is 18.8 Å². The number of nitrogens with one attached hydrogen (secondary N) is 1. The maximum atomic E-state index is 12.1. The van der Waals surface area contributed by atoms with Crippen molar-refractivity contribution < 1.29 is 14.1 Å². The number of nitrogens with zero attached hydrogens (tertiary/aromatic N) is 2. The number of hydrogen-bond acceptors (Lipinski definition) is 5. The number of hydrogen-bond donors (Lipinski definition) is 1. The number of para-hydroxylation sites is 2. The highest BCUT2D eigenvalue weighted by Gasteiger charge is 2.30. The molecule has 0 saturated heterocycles. The first-order valence-electron chi connectivity index (χ1n) is 8.48. The van der Waals surface area contributed by atoms with Crippen molar-refractivity contribution in [3.05, 3.63) is 66.4 Å². The molecule has 0 spiro atoms. The molecule has 4 rings (SSSR count). The second-order valence-electron chi connectivity index (χ2n) is 6.12. The Balaban J connectivity index is 1.59. The van der Waals surface area contributed by atoms with Crippen LogP contribution in [0, 0.1) is 0 Å². The van der Waals surface area contributed by atoms with E-state index in [4.69, 9.17) is 9.26 Å². The summed E-state index contributed by atoms with van der Waals surface area (Å²) in [5, 5.41) is 6.84. The Morgan fingerprint density at radius 2 is 1.96 bits per heavy atom. The second kappa shape index (κ2) is 6.92. The summed E-state index contributed by atoms with van der Waals surface area (Å²) in [7, 11) is 1.61. The number of carbonyl (C=O) groups excluding carboxylic acids is 1. The molecule has 6 nitrogen and oxygen atoms in total. The molecule has 0 bridgehead atoms. The second-order valence-corrected chi connectivity index (χ2v) is 6.12. The number of ether oxygens (including phenoxy) is 1. The van der Waals surface area contributed by atoms with Crippen molar-refractivity contribution in [2.24, 2.45) is 0 Å². The molecule has 0 fully saturated rings. The van der Waals surface area contributed by atoms with Crippen molar-refractivity contribution in [1.29, 1.82) is 0 Å². The zero-order valence-electron chi connectivity index (χ0n) is 14.4. The molecule has 1 aliphatic rings. The first kappa shape index (κ1) is 16.2. The van der Waals surface area contributed by atoms with Gasteiger partial charge in [-0.1, -0.05) is 47.6 Å². The van der Waals surface area contributed by atoms with Crippen LogP contribution < -0.4 is 15.0 Å². The van der Waals surface area contributed by atoms with Gasteiger partial charge < -0.3 is 19.5 Å². The Bertz CT molecular complexity index is 907. The fraction of sp³-hybridized carbons (Fsp3) is 0.200. The van der Waals surface area contributed by atoms with Crippen LogP contribution in [0.4, 0.5) is 5.69 Å². The topological polar surface area (TPSA) is 67.6 Å². The lowest BCUT2D eigenvalue weighted by Gasteiger charge is -2.34. The van der Waals surface area contributed by atoms with E-state index in [1.54, 1.807) is 7.05 Å². The highest BCUT2D eigenvalue weighted by Crippen LogP contribution is 2.34. The van der Waals surface area contributed by atoms with E-state index in [9.17, 15) is 4.79 Å². The van der Waals surface area contributed by atoms with E-state index in [1.165, 1.54) is 0 Å². The van der Waals surface area contributed by atoms with Crippen LogP contribution in [0.3, 0.4) is 0 Å². The van der Waals surface area contributed by atoms with Gasteiger partial charge in [-0.05, 0) is 12.1 Å². The molecular formula is C20H19N3O3. The number of amides is 1. The minimum absolute atomic E-state index is 0.144. The molecular weight excluding hydrogens is 330 g/mol. The van der Waals surface area contributed by atoms with Gasteiger partial charge in [0.2, 0.25) is 0 Å². The molecule has 1 aromatic heterocycles.